The van der Waals surface area contributed by atoms with Crippen molar-refractivity contribution in [1.29, 1.82) is 0 Å². The maximum atomic E-state index is 12.0. The zero-order valence-electron chi connectivity index (χ0n) is 15.8. The third-order valence-electron chi connectivity index (χ3n) is 4.24. The van der Waals surface area contributed by atoms with E-state index in [-0.39, 0.29) is 11.3 Å². The van der Waals surface area contributed by atoms with Crippen LogP contribution in [0.2, 0.25) is 0 Å². The van der Waals surface area contributed by atoms with Crippen LogP contribution in [0.5, 0.6) is 5.75 Å². The number of hydrogen-bond acceptors (Lipinski definition) is 2. The number of hydrogen-bond donors (Lipinski definition) is 1. The molecular weight excluding hydrogens is 310 g/mol. The molecule has 0 saturated heterocycles. The fourth-order valence-electron chi connectivity index (χ4n) is 2.59. The standard InChI is InChI=1S/C22H29NO2/c1-17-7-5-6-8-20(17)25-16-15-23-21(24)14-11-18-9-12-19(13-10-18)22(2,3)4/h5-10,12-13H,11,14-16H2,1-4H3,(H,23,24). The lowest BCUT2D eigenvalue weighted by molar-refractivity contribution is -0.121. The van der Waals surface area contributed by atoms with Gasteiger partial charge in [0, 0.05) is 6.42 Å². The van der Waals surface area contributed by atoms with Crippen molar-refractivity contribution in [1.82, 2.24) is 5.32 Å². The second kappa shape index (κ2) is 8.70. The lowest BCUT2D eigenvalue weighted by Gasteiger charge is -2.19. The smallest absolute Gasteiger partial charge is 0.220 e. The average Bonchev–Trinajstić information content (AvgIpc) is 2.58. The van der Waals surface area contributed by atoms with Gasteiger partial charge in [-0.15, -0.1) is 0 Å². The summed E-state index contributed by atoms with van der Waals surface area (Å²) in [6, 6.07) is 16.4. The van der Waals surface area contributed by atoms with Crippen molar-refractivity contribution in [2.75, 3.05) is 13.2 Å². The summed E-state index contributed by atoms with van der Waals surface area (Å²) in [6.07, 6.45) is 1.26. The molecule has 134 valence electrons. The molecule has 3 heteroatoms. The van der Waals surface area contributed by atoms with Gasteiger partial charge >= 0.3 is 0 Å². The van der Waals surface area contributed by atoms with Gasteiger partial charge in [-0.05, 0) is 41.5 Å². The van der Waals surface area contributed by atoms with Crippen molar-refractivity contribution >= 4 is 5.91 Å². The summed E-state index contributed by atoms with van der Waals surface area (Å²) in [5.74, 6) is 0.934. The molecule has 2 aromatic carbocycles. The lowest BCUT2D eigenvalue weighted by Crippen LogP contribution is -2.28. The predicted molar refractivity (Wildman–Crippen MR) is 103 cm³/mol. The molecule has 2 rings (SSSR count). The Labute approximate surface area is 151 Å². The Hall–Kier alpha value is -2.29. The molecular formula is C22H29NO2. The zero-order valence-corrected chi connectivity index (χ0v) is 15.8. The number of amides is 1. The van der Waals surface area contributed by atoms with Crippen LogP contribution in [0.3, 0.4) is 0 Å². The number of rotatable bonds is 7. The fourth-order valence-corrected chi connectivity index (χ4v) is 2.59. The molecule has 25 heavy (non-hydrogen) atoms. The molecule has 0 aromatic heterocycles. The monoisotopic (exact) mass is 339 g/mol. The second-order valence-corrected chi connectivity index (χ2v) is 7.41. The maximum Gasteiger partial charge on any atom is 0.220 e. The van der Waals surface area contributed by atoms with Crippen molar-refractivity contribution in [3.63, 3.8) is 0 Å². The van der Waals surface area contributed by atoms with E-state index < -0.39 is 0 Å². The minimum atomic E-state index is 0.0632. The van der Waals surface area contributed by atoms with Crippen LogP contribution in [0.4, 0.5) is 0 Å². The van der Waals surface area contributed by atoms with Gasteiger partial charge in [0.2, 0.25) is 5.91 Å². The van der Waals surface area contributed by atoms with E-state index in [0.29, 0.717) is 19.6 Å². The van der Waals surface area contributed by atoms with Gasteiger partial charge in [0.05, 0.1) is 6.54 Å². The van der Waals surface area contributed by atoms with Gasteiger partial charge in [0.15, 0.2) is 0 Å². The van der Waals surface area contributed by atoms with Gasteiger partial charge in [-0.3, -0.25) is 4.79 Å². The molecule has 0 aliphatic rings. The van der Waals surface area contributed by atoms with Crippen molar-refractivity contribution in [3.8, 4) is 5.75 Å². The summed E-state index contributed by atoms with van der Waals surface area (Å²) in [5.41, 5.74) is 3.77. The highest BCUT2D eigenvalue weighted by Gasteiger charge is 2.12. The number of nitrogens with one attached hydrogen (secondary N) is 1. The quantitative estimate of drug-likeness (QED) is 0.758. The van der Waals surface area contributed by atoms with Crippen LogP contribution in [0.1, 0.15) is 43.9 Å². The molecule has 0 aliphatic heterocycles. The Morgan fingerprint density at radius 2 is 1.72 bits per heavy atom. The summed E-state index contributed by atoms with van der Waals surface area (Å²) in [6.45, 7) is 9.63. The predicted octanol–water partition coefficient (Wildman–Crippen LogP) is 4.42. The van der Waals surface area contributed by atoms with E-state index in [1.165, 1.54) is 11.1 Å². The molecule has 1 N–H and O–H groups in total. The van der Waals surface area contributed by atoms with E-state index in [1.807, 2.05) is 31.2 Å². The van der Waals surface area contributed by atoms with Crippen LogP contribution < -0.4 is 10.1 Å². The van der Waals surface area contributed by atoms with E-state index in [2.05, 4.69) is 50.4 Å². The maximum absolute atomic E-state index is 12.0. The highest BCUT2D eigenvalue weighted by Crippen LogP contribution is 2.22. The van der Waals surface area contributed by atoms with Gasteiger partial charge in [0.1, 0.15) is 12.4 Å². The number of ether oxygens (including phenoxy) is 1. The third-order valence-corrected chi connectivity index (χ3v) is 4.24. The molecule has 0 fully saturated rings. The number of benzene rings is 2. The number of carbonyl (C=O) groups is 1. The first-order valence-electron chi connectivity index (χ1n) is 8.91. The summed E-state index contributed by atoms with van der Waals surface area (Å²) in [7, 11) is 0. The van der Waals surface area contributed by atoms with Gasteiger partial charge in [0.25, 0.3) is 0 Å². The minimum absolute atomic E-state index is 0.0632. The zero-order chi connectivity index (χ0) is 18.3. The Kier molecular flexibility index (Phi) is 6.63. The van der Waals surface area contributed by atoms with Crippen LogP contribution in [0.25, 0.3) is 0 Å². The van der Waals surface area contributed by atoms with E-state index in [0.717, 1.165) is 17.7 Å². The summed E-state index contributed by atoms with van der Waals surface area (Å²) >= 11 is 0. The molecule has 1 amide bonds. The van der Waals surface area contributed by atoms with Crippen LogP contribution in [0, 0.1) is 6.92 Å². The Morgan fingerprint density at radius 1 is 1.04 bits per heavy atom. The Bertz CT molecular complexity index is 684. The van der Waals surface area contributed by atoms with E-state index >= 15 is 0 Å². The SMILES string of the molecule is Cc1ccccc1OCCNC(=O)CCc1ccc(C(C)(C)C)cc1. The Balaban J connectivity index is 1.68. The van der Waals surface area contributed by atoms with Gasteiger partial charge in [-0.25, -0.2) is 0 Å². The minimum Gasteiger partial charge on any atom is -0.491 e. The normalized spacial score (nSPS) is 11.2. The molecule has 0 saturated carbocycles. The first-order valence-corrected chi connectivity index (χ1v) is 8.91. The number of aryl methyl sites for hydroxylation is 2. The summed E-state index contributed by atoms with van der Waals surface area (Å²) < 4.78 is 5.68. The summed E-state index contributed by atoms with van der Waals surface area (Å²) in [5, 5.41) is 2.91. The number of para-hydroxylation sites is 1. The molecule has 2 aromatic rings. The van der Waals surface area contributed by atoms with Gasteiger partial charge in [-0.1, -0.05) is 63.2 Å². The molecule has 0 unspecified atom stereocenters. The van der Waals surface area contributed by atoms with Crippen LogP contribution in [0.15, 0.2) is 48.5 Å². The highest BCUT2D eigenvalue weighted by molar-refractivity contribution is 5.76. The van der Waals surface area contributed by atoms with Gasteiger partial charge in [-0.2, -0.15) is 0 Å². The van der Waals surface area contributed by atoms with Gasteiger partial charge < -0.3 is 10.1 Å². The molecule has 3 nitrogen and oxygen atoms in total. The van der Waals surface area contributed by atoms with Crippen LogP contribution in [-0.4, -0.2) is 19.1 Å². The average molecular weight is 339 g/mol. The molecule has 0 aliphatic carbocycles. The lowest BCUT2D eigenvalue weighted by atomic mass is 9.86. The second-order valence-electron chi connectivity index (χ2n) is 7.41. The first kappa shape index (κ1) is 19.0. The van der Waals surface area contributed by atoms with E-state index in [4.69, 9.17) is 4.74 Å². The van der Waals surface area contributed by atoms with Crippen molar-refractivity contribution in [2.45, 2.75) is 46.0 Å². The molecule has 0 radical (unpaired) electrons. The van der Waals surface area contributed by atoms with Crippen molar-refractivity contribution in [3.05, 3.63) is 65.2 Å². The molecule has 0 bridgehead atoms. The molecule has 0 heterocycles. The largest absolute Gasteiger partial charge is 0.491 e. The summed E-state index contributed by atoms with van der Waals surface area (Å²) in [4.78, 5) is 12.0. The van der Waals surface area contributed by atoms with Crippen molar-refractivity contribution < 1.29 is 9.53 Å². The molecule has 0 spiro atoms. The van der Waals surface area contributed by atoms with Crippen LogP contribution >= 0.6 is 0 Å². The van der Waals surface area contributed by atoms with Crippen LogP contribution in [-0.2, 0) is 16.6 Å². The fraction of sp³-hybridized carbons (Fsp3) is 0.409. The number of carbonyl (C=O) groups excluding carboxylic acids is 1. The van der Waals surface area contributed by atoms with E-state index in [1.54, 1.807) is 0 Å². The molecule has 0 atom stereocenters. The van der Waals surface area contributed by atoms with Crippen molar-refractivity contribution in [2.24, 2.45) is 0 Å². The highest BCUT2D eigenvalue weighted by atomic mass is 16.5. The van der Waals surface area contributed by atoms with E-state index in [9.17, 15) is 4.79 Å². The third kappa shape index (κ3) is 6.26. The Morgan fingerprint density at radius 3 is 2.36 bits per heavy atom. The first-order chi connectivity index (χ1) is 11.9. The topological polar surface area (TPSA) is 38.3 Å².